The van der Waals surface area contributed by atoms with Crippen LogP contribution in [0.1, 0.15) is 38.3 Å². The summed E-state index contributed by atoms with van der Waals surface area (Å²) in [5.41, 5.74) is 0. The third kappa shape index (κ3) is 6.62. The van der Waals surface area contributed by atoms with E-state index in [1.54, 1.807) is 14.2 Å². The number of aliphatic imine (C=N–C) groups is 1. The molecule has 1 aromatic heterocycles. The minimum Gasteiger partial charge on any atom is -0.380 e. The second-order valence-electron chi connectivity index (χ2n) is 6.73. The van der Waals surface area contributed by atoms with Crippen LogP contribution in [0.15, 0.2) is 4.99 Å². The zero-order valence-electron chi connectivity index (χ0n) is 15.9. The molecule has 0 saturated carbocycles. The van der Waals surface area contributed by atoms with E-state index in [0.29, 0.717) is 19.1 Å². The van der Waals surface area contributed by atoms with Crippen molar-refractivity contribution in [1.82, 2.24) is 25.4 Å². The van der Waals surface area contributed by atoms with Crippen LogP contribution in [0.5, 0.6) is 0 Å². The van der Waals surface area contributed by atoms with Gasteiger partial charge < -0.3 is 20.1 Å². The fourth-order valence-corrected chi connectivity index (χ4v) is 2.72. The van der Waals surface area contributed by atoms with Crippen LogP contribution in [-0.4, -0.2) is 60.7 Å². The molecule has 2 rings (SSSR count). The van der Waals surface area contributed by atoms with Crippen molar-refractivity contribution in [2.75, 3.05) is 33.9 Å². The van der Waals surface area contributed by atoms with Crippen molar-refractivity contribution >= 4 is 5.96 Å². The first kappa shape index (κ1) is 19.7. The van der Waals surface area contributed by atoms with E-state index in [0.717, 1.165) is 56.6 Å². The molecule has 25 heavy (non-hydrogen) atoms. The van der Waals surface area contributed by atoms with Crippen LogP contribution in [0.25, 0.3) is 0 Å². The summed E-state index contributed by atoms with van der Waals surface area (Å²) in [5, 5.41) is 11.3. The molecule has 0 aliphatic carbocycles. The summed E-state index contributed by atoms with van der Waals surface area (Å²) in [6.07, 6.45) is 3.01. The number of methoxy groups -OCH3 is 1. The van der Waals surface area contributed by atoms with Gasteiger partial charge in [-0.05, 0) is 18.8 Å². The normalized spacial score (nSPS) is 17.6. The molecule has 0 aromatic carbocycles. The summed E-state index contributed by atoms with van der Waals surface area (Å²) < 4.78 is 12.7. The number of aromatic nitrogens is 3. The molecule has 0 fully saturated rings. The van der Waals surface area contributed by atoms with Crippen molar-refractivity contribution < 1.29 is 9.47 Å². The van der Waals surface area contributed by atoms with E-state index >= 15 is 0 Å². The zero-order valence-corrected chi connectivity index (χ0v) is 15.9. The van der Waals surface area contributed by atoms with Gasteiger partial charge in [0.25, 0.3) is 0 Å². The average Bonchev–Trinajstić information content (AvgIpc) is 2.98. The molecule has 1 atom stereocenters. The molecule has 0 amide bonds. The number of ether oxygens (including phenoxy) is 2. The maximum absolute atomic E-state index is 5.62. The third-order valence-corrected chi connectivity index (χ3v) is 4.12. The van der Waals surface area contributed by atoms with Gasteiger partial charge >= 0.3 is 0 Å². The van der Waals surface area contributed by atoms with Gasteiger partial charge in [0.05, 0.1) is 13.2 Å². The topological polar surface area (TPSA) is 85.6 Å². The lowest BCUT2D eigenvalue weighted by Crippen LogP contribution is -2.47. The Morgan fingerprint density at radius 1 is 1.40 bits per heavy atom. The van der Waals surface area contributed by atoms with Crippen molar-refractivity contribution in [3.8, 4) is 0 Å². The first-order valence-corrected chi connectivity index (χ1v) is 9.08. The van der Waals surface area contributed by atoms with Crippen LogP contribution in [-0.2, 0) is 29.0 Å². The Kier molecular flexibility index (Phi) is 8.14. The minimum atomic E-state index is 0.289. The molecule has 0 bridgehead atoms. The Bertz CT molecular complexity index is 543. The van der Waals surface area contributed by atoms with E-state index in [9.17, 15) is 0 Å². The molecule has 1 unspecified atom stereocenters. The predicted octanol–water partition coefficient (Wildman–Crippen LogP) is 0.967. The number of aryl methyl sites for hydroxylation is 1. The maximum Gasteiger partial charge on any atom is 0.191 e. The van der Waals surface area contributed by atoms with Crippen molar-refractivity contribution in [1.29, 1.82) is 0 Å². The molecule has 1 aliphatic heterocycles. The highest BCUT2D eigenvalue weighted by molar-refractivity contribution is 5.79. The highest BCUT2D eigenvalue weighted by Crippen LogP contribution is 2.13. The van der Waals surface area contributed by atoms with Crippen LogP contribution in [0.3, 0.4) is 0 Å². The molecule has 2 N–H and O–H groups in total. The third-order valence-electron chi connectivity index (χ3n) is 4.12. The monoisotopic (exact) mass is 352 g/mol. The minimum absolute atomic E-state index is 0.289. The van der Waals surface area contributed by atoms with Crippen molar-refractivity contribution in [3.63, 3.8) is 0 Å². The number of hydrogen-bond acceptors (Lipinski definition) is 5. The average molecular weight is 352 g/mol. The first-order chi connectivity index (χ1) is 12.1. The molecule has 1 aromatic rings. The number of rotatable bonds is 9. The molecule has 8 nitrogen and oxygen atoms in total. The Morgan fingerprint density at radius 2 is 2.24 bits per heavy atom. The van der Waals surface area contributed by atoms with Crippen LogP contribution >= 0.6 is 0 Å². The summed E-state index contributed by atoms with van der Waals surface area (Å²) in [6.45, 7) is 7.90. The van der Waals surface area contributed by atoms with E-state index < -0.39 is 0 Å². The van der Waals surface area contributed by atoms with Gasteiger partial charge in [-0.2, -0.15) is 5.10 Å². The Morgan fingerprint density at radius 3 is 2.96 bits per heavy atom. The van der Waals surface area contributed by atoms with E-state index in [1.807, 2.05) is 4.68 Å². The summed E-state index contributed by atoms with van der Waals surface area (Å²) in [4.78, 5) is 8.79. The molecule has 8 heteroatoms. The van der Waals surface area contributed by atoms with Crippen LogP contribution in [0.4, 0.5) is 0 Å². The lowest BCUT2D eigenvalue weighted by Gasteiger charge is -2.25. The smallest absolute Gasteiger partial charge is 0.191 e. The number of fused-ring (bicyclic) bond motifs is 1. The van der Waals surface area contributed by atoms with Gasteiger partial charge in [-0.15, -0.1) is 0 Å². The van der Waals surface area contributed by atoms with Crippen molar-refractivity contribution in [3.05, 3.63) is 11.6 Å². The maximum atomic E-state index is 5.62. The van der Waals surface area contributed by atoms with Gasteiger partial charge in [-0.1, -0.05) is 13.8 Å². The van der Waals surface area contributed by atoms with E-state index in [2.05, 4.69) is 39.6 Å². The Balaban J connectivity index is 1.71. The van der Waals surface area contributed by atoms with E-state index in [1.165, 1.54) is 0 Å². The standard InChI is InChI=1S/C17H32N6O2/c1-13(2)7-9-25-10-8-19-17(18-3)20-14-5-6-16-21-15(12-24-4)22-23(16)11-14/h13-14H,5-12H2,1-4H3,(H2,18,19,20). The number of guanidine groups is 1. The number of nitrogens with one attached hydrogen (secondary N) is 2. The zero-order chi connectivity index (χ0) is 18.1. The van der Waals surface area contributed by atoms with Gasteiger partial charge in [0.1, 0.15) is 12.4 Å². The lowest BCUT2D eigenvalue weighted by molar-refractivity contribution is 0.128. The predicted molar refractivity (Wildman–Crippen MR) is 97.6 cm³/mol. The van der Waals surface area contributed by atoms with Gasteiger partial charge in [-0.25, -0.2) is 9.67 Å². The summed E-state index contributed by atoms with van der Waals surface area (Å²) >= 11 is 0. The van der Waals surface area contributed by atoms with Gasteiger partial charge in [0, 0.05) is 39.8 Å². The second kappa shape index (κ2) is 10.4. The molecular formula is C17H32N6O2. The fraction of sp³-hybridized carbons (Fsp3) is 0.824. The van der Waals surface area contributed by atoms with Gasteiger partial charge in [0.2, 0.25) is 0 Å². The van der Waals surface area contributed by atoms with Gasteiger partial charge in [0.15, 0.2) is 11.8 Å². The first-order valence-electron chi connectivity index (χ1n) is 9.08. The largest absolute Gasteiger partial charge is 0.380 e. The van der Waals surface area contributed by atoms with Crippen LogP contribution in [0, 0.1) is 5.92 Å². The van der Waals surface area contributed by atoms with Crippen molar-refractivity contribution in [2.24, 2.45) is 10.9 Å². The van der Waals surface area contributed by atoms with E-state index in [-0.39, 0.29) is 6.04 Å². The fourth-order valence-electron chi connectivity index (χ4n) is 2.72. The highest BCUT2D eigenvalue weighted by atomic mass is 16.5. The van der Waals surface area contributed by atoms with Crippen LogP contribution < -0.4 is 10.6 Å². The summed E-state index contributed by atoms with van der Waals surface area (Å²) in [6, 6.07) is 0.289. The lowest BCUT2D eigenvalue weighted by atomic mass is 10.1. The SMILES string of the molecule is CN=C(NCCOCCC(C)C)NC1CCc2nc(COC)nn2C1. The molecular weight excluding hydrogens is 320 g/mol. The Labute approximate surface area is 150 Å². The molecule has 1 aliphatic rings. The quantitative estimate of drug-likeness (QED) is 0.391. The Hall–Kier alpha value is -1.67. The van der Waals surface area contributed by atoms with E-state index in [4.69, 9.17) is 9.47 Å². The number of hydrogen-bond donors (Lipinski definition) is 2. The molecule has 2 heterocycles. The summed E-state index contributed by atoms with van der Waals surface area (Å²) in [5.74, 6) is 3.27. The second-order valence-corrected chi connectivity index (χ2v) is 6.73. The summed E-state index contributed by atoms with van der Waals surface area (Å²) in [7, 11) is 3.45. The molecule has 142 valence electrons. The molecule has 0 radical (unpaired) electrons. The molecule has 0 saturated heterocycles. The highest BCUT2D eigenvalue weighted by Gasteiger charge is 2.22. The van der Waals surface area contributed by atoms with Crippen molar-refractivity contribution in [2.45, 2.75) is 52.3 Å². The molecule has 0 spiro atoms. The van der Waals surface area contributed by atoms with Gasteiger partial charge in [-0.3, -0.25) is 4.99 Å². The van der Waals surface area contributed by atoms with Crippen LogP contribution in [0.2, 0.25) is 0 Å². The number of nitrogens with zero attached hydrogens (tertiary/aromatic N) is 4.